The lowest BCUT2D eigenvalue weighted by Gasteiger charge is -2.50. The number of fused-ring (bicyclic) bond motifs is 5. The predicted octanol–water partition coefficient (Wildman–Crippen LogP) is 3.57. The summed E-state index contributed by atoms with van der Waals surface area (Å²) in [5.74, 6) is 2.64. The highest BCUT2D eigenvalue weighted by atomic mass is 16.6. The van der Waals surface area contributed by atoms with E-state index in [1.807, 2.05) is 25.1 Å². The van der Waals surface area contributed by atoms with E-state index in [1.54, 1.807) is 0 Å². The number of aliphatic hydroxyl groups is 1. The van der Waals surface area contributed by atoms with Gasteiger partial charge in [0, 0.05) is 13.1 Å². The van der Waals surface area contributed by atoms with Crippen molar-refractivity contribution in [3.05, 3.63) is 29.3 Å². The highest BCUT2D eigenvalue weighted by Crippen LogP contribution is 2.61. The molecule has 3 aliphatic rings. The fraction of sp³-hybridized carbons (Fsp3) is 0.720. The minimum Gasteiger partial charge on any atom is -0.410 e. The van der Waals surface area contributed by atoms with Crippen molar-refractivity contribution in [2.24, 2.45) is 17.3 Å². The summed E-state index contributed by atoms with van der Waals surface area (Å²) in [4.78, 5) is 14.1. The highest BCUT2D eigenvalue weighted by molar-refractivity contribution is 5.70. The van der Waals surface area contributed by atoms with Gasteiger partial charge >= 0.3 is 6.09 Å². The number of nitrogens with zero attached hydrogens (tertiary/aromatic N) is 1. The van der Waals surface area contributed by atoms with E-state index in [4.69, 9.17) is 9.47 Å². The Hall–Kier alpha value is -1.63. The molecule has 2 saturated carbocycles. The molecular weight excluding hydrogens is 392 g/mol. The van der Waals surface area contributed by atoms with Gasteiger partial charge in [0.1, 0.15) is 5.75 Å². The maximum atomic E-state index is 12.1. The molecule has 6 nitrogen and oxygen atoms in total. The zero-order valence-electron chi connectivity index (χ0n) is 19.2. The number of aliphatic hydroxyl groups excluding tert-OH is 1. The lowest BCUT2D eigenvalue weighted by atomic mass is 9.55. The molecular formula is C25H38N2O4. The first-order chi connectivity index (χ1) is 14.9. The van der Waals surface area contributed by atoms with Gasteiger partial charge in [0.05, 0.1) is 19.3 Å². The molecule has 1 aromatic rings. The summed E-state index contributed by atoms with van der Waals surface area (Å²) in [7, 11) is 3.96. The van der Waals surface area contributed by atoms with Gasteiger partial charge in [-0.25, -0.2) is 4.79 Å². The summed E-state index contributed by atoms with van der Waals surface area (Å²) in [5.41, 5.74) is 3.04. The van der Waals surface area contributed by atoms with E-state index in [2.05, 4.69) is 24.4 Å². The van der Waals surface area contributed by atoms with Crippen molar-refractivity contribution in [3.8, 4) is 5.75 Å². The van der Waals surface area contributed by atoms with Crippen LogP contribution in [-0.4, -0.2) is 62.6 Å². The number of hydrogen-bond acceptors (Lipinski definition) is 5. The summed E-state index contributed by atoms with van der Waals surface area (Å²) in [6, 6.07) is 6.24. The van der Waals surface area contributed by atoms with E-state index in [0.29, 0.717) is 36.7 Å². The van der Waals surface area contributed by atoms with E-state index < -0.39 is 0 Å². The Bertz CT molecular complexity index is 783. The lowest BCUT2D eigenvalue weighted by Crippen LogP contribution is -2.44. The smallest absolute Gasteiger partial charge is 0.410 e. The van der Waals surface area contributed by atoms with Crippen LogP contribution in [-0.2, 0) is 11.2 Å². The number of amides is 1. The summed E-state index contributed by atoms with van der Waals surface area (Å²) < 4.78 is 11.6. The quantitative estimate of drug-likeness (QED) is 0.692. The Morgan fingerprint density at radius 3 is 2.87 bits per heavy atom. The Kier molecular flexibility index (Phi) is 6.89. The Morgan fingerprint density at radius 1 is 1.26 bits per heavy atom. The Balaban J connectivity index is 1.42. The fourth-order valence-corrected chi connectivity index (χ4v) is 6.57. The molecule has 0 bridgehead atoms. The fourth-order valence-electron chi connectivity index (χ4n) is 6.57. The molecule has 4 rings (SSSR count). The second-order valence-electron chi connectivity index (χ2n) is 10.1. The number of aryl methyl sites for hydroxylation is 1. The van der Waals surface area contributed by atoms with Crippen LogP contribution >= 0.6 is 0 Å². The summed E-state index contributed by atoms with van der Waals surface area (Å²) in [5, 5.41) is 12.0. The molecule has 5 atom stereocenters. The number of rotatable bonds is 7. The van der Waals surface area contributed by atoms with Crippen LogP contribution in [0.1, 0.15) is 56.1 Å². The van der Waals surface area contributed by atoms with Crippen molar-refractivity contribution in [2.45, 2.75) is 57.5 Å². The van der Waals surface area contributed by atoms with Crippen molar-refractivity contribution in [1.29, 1.82) is 0 Å². The first kappa shape index (κ1) is 22.6. The van der Waals surface area contributed by atoms with Crippen LogP contribution in [0.15, 0.2) is 18.2 Å². The molecule has 5 unspecified atom stereocenters. The van der Waals surface area contributed by atoms with Gasteiger partial charge in [-0.1, -0.05) is 13.0 Å². The van der Waals surface area contributed by atoms with E-state index >= 15 is 0 Å². The molecule has 31 heavy (non-hydrogen) atoms. The van der Waals surface area contributed by atoms with Gasteiger partial charge in [-0.2, -0.15) is 0 Å². The SMILES string of the molecule is CN(C)CCNC(=O)Oc1ccc2c(c1)CCC1C2CCC2(C)C(OCCO)CCC12. The number of likely N-dealkylation sites (N-methyl/N-ethyl adjacent to an activating group) is 1. The van der Waals surface area contributed by atoms with Crippen LogP contribution in [0.5, 0.6) is 5.75 Å². The molecule has 2 fully saturated rings. The topological polar surface area (TPSA) is 71.0 Å². The van der Waals surface area contributed by atoms with Gasteiger partial charge in [0.15, 0.2) is 0 Å². The van der Waals surface area contributed by atoms with Crippen molar-refractivity contribution >= 4 is 6.09 Å². The molecule has 0 aliphatic heterocycles. The van der Waals surface area contributed by atoms with Gasteiger partial charge in [-0.15, -0.1) is 0 Å². The highest BCUT2D eigenvalue weighted by Gasteiger charge is 2.55. The van der Waals surface area contributed by atoms with E-state index in [0.717, 1.165) is 19.4 Å². The number of carbonyl (C=O) groups is 1. The van der Waals surface area contributed by atoms with Crippen molar-refractivity contribution in [2.75, 3.05) is 40.4 Å². The number of ether oxygens (including phenoxy) is 2. The Labute approximate surface area is 186 Å². The standard InChI is InChI=1S/C25H38N2O4/c1-25-11-10-20-19-7-5-18(31-24(29)26-12-13-27(2)3)16-17(19)4-6-21(20)22(25)8-9-23(25)30-15-14-28/h5,7,16,20-23,28H,4,6,8-15H2,1-3H3,(H,26,29). The van der Waals surface area contributed by atoms with Crippen LogP contribution in [0.4, 0.5) is 4.79 Å². The number of carbonyl (C=O) groups excluding carboxylic acids is 1. The molecule has 2 N–H and O–H groups in total. The van der Waals surface area contributed by atoms with Crippen molar-refractivity contribution in [1.82, 2.24) is 10.2 Å². The van der Waals surface area contributed by atoms with Gasteiger partial charge < -0.3 is 24.8 Å². The molecule has 172 valence electrons. The van der Waals surface area contributed by atoms with Gasteiger partial charge in [-0.3, -0.25) is 0 Å². The number of nitrogens with one attached hydrogen (secondary N) is 1. The zero-order chi connectivity index (χ0) is 22.0. The molecule has 0 spiro atoms. The molecule has 0 radical (unpaired) electrons. The van der Waals surface area contributed by atoms with Gasteiger partial charge in [-0.05, 0) is 99.0 Å². The first-order valence-electron chi connectivity index (χ1n) is 11.9. The summed E-state index contributed by atoms with van der Waals surface area (Å²) in [6.45, 7) is 4.34. The summed E-state index contributed by atoms with van der Waals surface area (Å²) >= 11 is 0. The molecule has 1 amide bonds. The van der Waals surface area contributed by atoms with Crippen LogP contribution in [0.25, 0.3) is 0 Å². The van der Waals surface area contributed by atoms with E-state index in [9.17, 15) is 9.90 Å². The molecule has 0 heterocycles. The molecule has 0 aromatic heterocycles. The van der Waals surface area contributed by atoms with Crippen LogP contribution in [0, 0.1) is 17.3 Å². The number of hydrogen-bond donors (Lipinski definition) is 2. The zero-order valence-corrected chi connectivity index (χ0v) is 19.2. The second kappa shape index (κ2) is 9.47. The average Bonchev–Trinajstić information content (AvgIpc) is 3.07. The summed E-state index contributed by atoms with van der Waals surface area (Å²) in [6.07, 6.45) is 6.87. The predicted molar refractivity (Wildman–Crippen MR) is 120 cm³/mol. The monoisotopic (exact) mass is 430 g/mol. The third-order valence-electron chi connectivity index (χ3n) is 8.06. The molecule has 3 aliphatic carbocycles. The minimum absolute atomic E-state index is 0.106. The normalized spacial score (nSPS) is 31.6. The van der Waals surface area contributed by atoms with Gasteiger partial charge in [0.25, 0.3) is 0 Å². The lowest BCUT2D eigenvalue weighted by molar-refractivity contribution is -0.0710. The molecule has 0 saturated heterocycles. The van der Waals surface area contributed by atoms with Crippen LogP contribution in [0.2, 0.25) is 0 Å². The maximum absolute atomic E-state index is 12.1. The maximum Gasteiger partial charge on any atom is 0.412 e. The largest absolute Gasteiger partial charge is 0.412 e. The second-order valence-corrected chi connectivity index (χ2v) is 10.1. The molecule has 1 aromatic carbocycles. The van der Waals surface area contributed by atoms with E-state index in [1.165, 1.54) is 36.8 Å². The Morgan fingerprint density at radius 2 is 2.10 bits per heavy atom. The first-order valence-corrected chi connectivity index (χ1v) is 11.9. The van der Waals surface area contributed by atoms with Gasteiger partial charge in [0.2, 0.25) is 0 Å². The third-order valence-corrected chi connectivity index (χ3v) is 8.06. The van der Waals surface area contributed by atoms with Crippen LogP contribution in [0.3, 0.4) is 0 Å². The average molecular weight is 431 g/mol. The third kappa shape index (κ3) is 4.62. The van der Waals surface area contributed by atoms with E-state index in [-0.39, 0.29) is 24.2 Å². The molecule has 6 heteroatoms. The minimum atomic E-state index is -0.385. The van der Waals surface area contributed by atoms with Crippen molar-refractivity contribution in [3.63, 3.8) is 0 Å². The number of benzene rings is 1. The van der Waals surface area contributed by atoms with Crippen molar-refractivity contribution < 1.29 is 19.4 Å². The van der Waals surface area contributed by atoms with Crippen LogP contribution < -0.4 is 10.1 Å².